The van der Waals surface area contributed by atoms with Crippen molar-refractivity contribution in [1.82, 2.24) is 0 Å². The number of hydrogen-bond acceptors (Lipinski definition) is 3. The molecule has 0 amide bonds. The Hall–Kier alpha value is -1.64. The second-order valence-corrected chi connectivity index (χ2v) is 8.40. The second-order valence-electron chi connectivity index (χ2n) is 8.40. The highest BCUT2D eigenvalue weighted by atomic mass is 16.3. The van der Waals surface area contributed by atoms with Gasteiger partial charge in [-0.3, -0.25) is 4.79 Å². The first-order valence-electron chi connectivity index (χ1n) is 8.24. The zero-order valence-electron chi connectivity index (χ0n) is 15.5. The summed E-state index contributed by atoms with van der Waals surface area (Å²) >= 11 is 0. The zero-order chi connectivity index (χ0) is 18.0. The Morgan fingerprint density at radius 1 is 0.913 bits per heavy atom. The molecule has 0 aliphatic rings. The molecule has 128 valence electrons. The molecule has 0 heterocycles. The monoisotopic (exact) mass is 318 g/mol. The number of benzene rings is 1. The molecule has 1 N–H and O–H groups in total. The van der Waals surface area contributed by atoms with E-state index in [0.717, 1.165) is 11.1 Å². The molecule has 0 saturated carbocycles. The molecule has 0 unspecified atom stereocenters. The van der Waals surface area contributed by atoms with Crippen molar-refractivity contribution in [3.63, 3.8) is 0 Å². The second kappa shape index (κ2) is 6.86. The number of hydrogen-bond donors (Lipinski definition) is 1. The van der Waals surface area contributed by atoms with Gasteiger partial charge < -0.3 is 9.90 Å². The van der Waals surface area contributed by atoms with Gasteiger partial charge in [0, 0.05) is 29.5 Å². The first kappa shape index (κ1) is 19.4. The van der Waals surface area contributed by atoms with Gasteiger partial charge in [-0.1, -0.05) is 41.5 Å². The molecule has 3 heteroatoms. The van der Waals surface area contributed by atoms with Crippen molar-refractivity contribution in [2.75, 3.05) is 0 Å². The molecular formula is C20H30O3. The van der Waals surface area contributed by atoms with Crippen LogP contribution in [0.1, 0.15) is 89.2 Å². The summed E-state index contributed by atoms with van der Waals surface area (Å²) in [6, 6.07) is 3.61. The Morgan fingerprint density at radius 2 is 1.35 bits per heavy atom. The minimum Gasteiger partial charge on any atom is -0.507 e. The summed E-state index contributed by atoms with van der Waals surface area (Å²) < 4.78 is 0. The Kier molecular flexibility index (Phi) is 5.79. The van der Waals surface area contributed by atoms with Crippen molar-refractivity contribution < 1.29 is 14.7 Å². The molecule has 0 saturated heterocycles. The van der Waals surface area contributed by atoms with E-state index in [1.807, 2.05) is 41.5 Å². The lowest BCUT2D eigenvalue weighted by Crippen LogP contribution is -2.19. The van der Waals surface area contributed by atoms with Crippen molar-refractivity contribution >= 4 is 11.6 Å². The van der Waals surface area contributed by atoms with Crippen molar-refractivity contribution in [3.05, 3.63) is 28.8 Å². The standard InChI is InChI=1S/C20H30O3/c1-13(21)9-8-10-17(22)14-11-15(19(2,3)4)18(23)16(12-14)20(5,6)7/h11-12,23H,8-10H2,1-7H3. The molecule has 0 spiro atoms. The van der Waals surface area contributed by atoms with Gasteiger partial charge in [0.05, 0.1) is 0 Å². The quantitative estimate of drug-likeness (QED) is 0.783. The van der Waals surface area contributed by atoms with Gasteiger partial charge in [0.2, 0.25) is 0 Å². The van der Waals surface area contributed by atoms with E-state index >= 15 is 0 Å². The lowest BCUT2D eigenvalue weighted by Gasteiger charge is -2.28. The zero-order valence-corrected chi connectivity index (χ0v) is 15.5. The van der Waals surface area contributed by atoms with Crippen molar-refractivity contribution in [1.29, 1.82) is 0 Å². The van der Waals surface area contributed by atoms with Crippen LogP contribution in [0.25, 0.3) is 0 Å². The summed E-state index contributed by atoms with van der Waals surface area (Å²) in [4.78, 5) is 23.5. The maximum Gasteiger partial charge on any atom is 0.162 e. The Labute approximate surface area is 140 Å². The molecule has 0 aliphatic carbocycles. The lowest BCUT2D eigenvalue weighted by atomic mass is 9.78. The van der Waals surface area contributed by atoms with Crippen LogP contribution in [0.5, 0.6) is 5.75 Å². The third kappa shape index (κ3) is 5.19. The van der Waals surface area contributed by atoms with E-state index in [2.05, 4.69) is 0 Å². The molecule has 1 aromatic rings. The average Bonchev–Trinajstić information content (AvgIpc) is 2.35. The number of Topliss-reactive ketones (excluding diaryl/α,β-unsaturated/α-hetero) is 2. The Bertz CT molecular complexity index is 563. The number of rotatable bonds is 5. The molecule has 0 atom stereocenters. The van der Waals surface area contributed by atoms with E-state index in [-0.39, 0.29) is 28.1 Å². The fourth-order valence-electron chi connectivity index (χ4n) is 2.58. The molecule has 23 heavy (non-hydrogen) atoms. The van der Waals surface area contributed by atoms with Crippen LogP contribution >= 0.6 is 0 Å². The summed E-state index contributed by atoms with van der Waals surface area (Å²) in [5.74, 6) is 0.418. The number of phenols is 1. The average molecular weight is 318 g/mol. The summed E-state index contributed by atoms with van der Waals surface area (Å²) in [5.41, 5.74) is 1.71. The van der Waals surface area contributed by atoms with Gasteiger partial charge in [0.15, 0.2) is 5.78 Å². The summed E-state index contributed by atoms with van der Waals surface area (Å²) in [6.07, 6.45) is 1.37. The fraction of sp³-hybridized carbons (Fsp3) is 0.600. The number of carbonyl (C=O) groups is 2. The smallest absolute Gasteiger partial charge is 0.162 e. The maximum absolute atomic E-state index is 12.5. The third-order valence-corrected chi connectivity index (χ3v) is 3.98. The van der Waals surface area contributed by atoms with E-state index in [4.69, 9.17) is 0 Å². The van der Waals surface area contributed by atoms with Crippen LogP contribution in [0.2, 0.25) is 0 Å². The van der Waals surface area contributed by atoms with Crippen molar-refractivity contribution in [3.8, 4) is 5.75 Å². The minimum absolute atomic E-state index is 0.0299. The molecule has 0 aliphatic heterocycles. The number of carbonyl (C=O) groups excluding carboxylic acids is 2. The molecule has 0 aromatic heterocycles. The molecular weight excluding hydrogens is 288 g/mol. The van der Waals surface area contributed by atoms with Crippen LogP contribution in [0, 0.1) is 0 Å². The SMILES string of the molecule is CC(=O)CCCC(=O)c1cc(C(C)(C)C)c(O)c(C(C)(C)C)c1. The van der Waals surface area contributed by atoms with Crippen molar-refractivity contribution in [2.24, 2.45) is 0 Å². The van der Waals surface area contributed by atoms with Crippen LogP contribution in [0.15, 0.2) is 12.1 Å². The van der Waals surface area contributed by atoms with Crippen LogP contribution < -0.4 is 0 Å². The largest absolute Gasteiger partial charge is 0.507 e. The first-order valence-corrected chi connectivity index (χ1v) is 8.24. The summed E-state index contributed by atoms with van der Waals surface area (Å²) in [5, 5.41) is 10.7. The topological polar surface area (TPSA) is 54.4 Å². The highest BCUT2D eigenvalue weighted by molar-refractivity contribution is 5.97. The Balaban J connectivity index is 3.28. The van der Waals surface area contributed by atoms with Crippen LogP contribution in [-0.4, -0.2) is 16.7 Å². The van der Waals surface area contributed by atoms with Crippen molar-refractivity contribution in [2.45, 2.75) is 78.6 Å². The van der Waals surface area contributed by atoms with Gasteiger partial charge in [-0.2, -0.15) is 0 Å². The van der Waals surface area contributed by atoms with Crippen LogP contribution in [0.3, 0.4) is 0 Å². The van der Waals surface area contributed by atoms with E-state index < -0.39 is 0 Å². The number of aromatic hydroxyl groups is 1. The molecule has 0 fully saturated rings. The number of phenolic OH excluding ortho intramolecular Hbond substituents is 1. The van der Waals surface area contributed by atoms with E-state index in [0.29, 0.717) is 24.8 Å². The minimum atomic E-state index is -0.250. The molecule has 0 bridgehead atoms. The Morgan fingerprint density at radius 3 is 1.70 bits per heavy atom. The van der Waals surface area contributed by atoms with E-state index in [9.17, 15) is 14.7 Å². The highest BCUT2D eigenvalue weighted by Crippen LogP contribution is 2.40. The molecule has 0 radical (unpaired) electrons. The molecule has 1 aromatic carbocycles. The number of ketones is 2. The van der Waals surface area contributed by atoms with E-state index in [1.54, 1.807) is 19.1 Å². The third-order valence-electron chi connectivity index (χ3n) is 3.98. The highest BCUT2D eigenvalue weighted by Gasteiger charge is 2.27. The van der Waals surface area contributed by atoms with Gasteiger partial charge in [-0.15, -0.1) is 0 Å². The van der Waals surface area contributed by atoms with Gasteiger partial charge in [-0.25, -0.2) is 0 Å². The van der Waals surface area contributed by atoms with Gasteiger partial charge in [0.1, 0.15) is 11.5 Å². The fourth-order valence-corrected chi connectivity index (χ4v) is 2.58. The van der Waals surface area contributed by atoms with Gasteiger partial charge in [-0.05, 0) is 36.3 Å². The van der Waals surface area contributed by atoms with Gasteiger partial charge >= 0.3 is 0 Å². The summed E-state index contributed by atoms with van der Waals surface area (Å²) in [6.45, 7) is 13.7. The van der Waals surface area contributed by atoms with Crippen LogP contribution in [0.4, 0.5) is 0 Å². The predicted octanol–water partition coefficient (Wildman–Crippen LogP) is 4.93. The lowest BCUT2D eigenvalue weighted by molar-refractivity contribution is -0.117. The predicted molar refractivity (Wildman–Crippen MR) is 94.4 cm³/mol. The summed E-state index contributed by atoms with van der Waals surface area (Å²) in [7, 11) is 0. The van der Waals surface area contributed by atoms with Crippen LogP contribution in [-0.2, 0) is 15.6 Å². The maximum atomic E-state index is 12.5. The first-order chi connectivity index (χ1) is 10.3. The van der Waals surface area contributed by atoms with Gasteiger partial charge in [0.25, 0.3) is 0 Å². The molecule has 3 nitrogen and oxygen atoms in total. The van der Waals surface area contributed by atoms with E-state index in [1.165, 1.54) is 0 Å². The molecule has 1 rings (SSSR count). The normalized spacial score (nSPS) is 12.3.